The molecule has 1 aliphatic heterocycles. The molecule has 98 valence electrons. The highest BCUT2D eigenvalue weighted by Crippen LogP contribution is 2.29. The average molecular weight is 241 g/mol. The lowest BCUT2D eigenvalue weighted by Crippen LogP contribution is -2.39. The molecule has 2 aliphatic rings. The van der Waals surface area contributed by atoms with Gasteiger partial charge in [-0.05, 0) is 25.7 Å². The highest BCUT2D eigenvalue weighted by Gasteiger charge is 2.30. The first-order valence-electron chi connectivity index (χ1n) is 6.56. The number of aliphatic hydroxyl groups is 1. The summed E-state index contributed by atoms with van der Waals surface area (Å²) in [5, 5.41) is 13.2. The second kappa shape index (κ2) is 5.69. The Balaban J connectivity index is 1.69. The molecule has 4 N–H and O–H groups in total. The van der Waals surface area contributed by atoms with Crippen LogP contribution in [0.5, 0.6) is 0 Å². The molecule has 2 rings (SSSR count). The lowest BCUT2D eigenvalue weighted by molar-refractivity contribution is 0.0574. The first kappa shape index (κ1) is 12.6. The fourth-order valence-corrected chi connectivity index (χ4v) is 2.50. The minimum absolute atomic E-state index is 0.262. The zero-order chi connectivity index (χ0) is 12.1. The lowest BCUT2D eigenvalue weighted by atomic mass is 10.0. The van der Waals surface area contributed by atoms with E-state index in [4.69, 9.17) is 10.5 Å². The Kier molecular flexibility index (Phi) is 4.23. The topological polar surface area (TPSA) is 79.9 Å². The number of nitrogens with one attached hydrogen (secondary N) is 1. The third-order valence-electron chi connectivity index (χ3n) is 3.61. The molecule has 17 heavy (non-hydrogen) atoms. The molecule has 1 saturated heterocycles. The third kappa shape index (κ3) is 3.85. The van der Waals surface area contributed by atoms with E-state index in [9.17, 15) is 5.11 Å². The van der Waals surface area contributed by atoms with Gasteiger partial charge in [0.1, 0.15) is 0 Å². The van der Waals surface area contributed by atoms with Crippen LogP contribution in [0.2, 0.25) is 0 Å². The first-order valence-corrected chi connectivity index (χ1v) is 6.56. The Morgan fingerprint density at radius 2 is 2.18 bits per heavy atom. The van der Waals surface area contributed by atoms with Crippen LogP contribution < -0.4 is 11.1 Å². The number of hydrogen-bond donors (Lipinski definition) is 3. The van der Waals surface area contributed by atoms with Gasteiger partial charge >= 0.3 is 0 Å². The zero-order valence-corrected chi connectivity index (χ0v) is 10.3. The van der Waals surface area contributed by atoms with E-state index in [-0.39, 0.29) is 6.10 Å². The van der Waals surface area contributed by atoms with Crippen LogP contribution in [0, 0.1) is 0 Å². The van der Waals surface area contributed by atoms with Gasteiger partial charge in [-0.25, -0.2) is 0 Å². The maximum absolute atomic E-state index is 10.1. The van der Waals surface area contributed by atoms with Gasteiger partial charge in [-0.1, -0.05) is 12.8 Å². The van der Waals surface area contributed by atoms with Crippen molar-refractivity contribution in [1.82, 2.24) is 5.32 Å². The van der Waals surface area contributed by atoms with Crippen LogP contribution in [-0.2, 0) is 4.74 Å². The number of rotatable bonds is 4. The maximum Gasteiger partial charge on any atom is 0.188 e. The minimum atomic E-state index is -0.615. The highest BCUT2D eigenvalue weighted by molar-refractivity contribution is 5.77. The summed E-state index contributed by atoms with van der Waals surface area (Å²) in [5.74, 6) is 0.417. The summed E-state index contributed by atoms with van der Waals surface area (Å²) in [6.45, 7) is 1.98. The summed E-state index contributed by atoms with van der Waals surface area (Å²) in [6.07, 6.45) is 6.35. The van der Waals surface area contributed by atoms with Gasteiger partial charge in [-0.2, -0.15) is 0 Å². The van der Waals surface area contributed by atoms with E-state index in [1.807, 2.05) is 0 Å². The first-order chi connectivity index (χ1) is 8.18. The standard InChI is InChI=1S/C12H23N3O2/c13-11(14-8-10-4-3-7-17-10)15-9-12(16)5-1-2-6-12/h10,16H,1-9H2,(H3,13,14,15). The molecule has 0 aromatic carbocycles. The van der Waals surface area contributed by atoms with E-state index in [1.165, 1.54) is 0 Å². The van der Waals surface area contributed by atoms with Crippen molar-refractivity contribution in [2.45, 2.75) is 50.2 Å². The fraction of sp³-hybridized carbons (Fsp3) is 0.917. The molecule has 1 aliphatic carbocycles. The SMILES string of the molecule is NC(=NCC1(O)CCCC1)NCC1CCCO1. The third-order valence-corrected chi connectivity index (χ3v) is 3.61. The van der Waals surface area contributed by atoms with Gasteiger partial charge in [-0.15, -0.1) is 0 Å². The predicted molar refractivity (Wildman–Crippen MR) is 66.9 cm³/mol. The number of ether oxygens (including phenoxy) is 1. The van der Waals surface area contributed by atoms with E-state index in [1.54, 1.807) is 0 Å². The van der Waals surface area contributed by atoms with E-state index in [0.717, 1.165) is 45.1 Å². The quantitative estimate of drug-likeness (QED) is 0.491. The molecule has 1 heterocycles. The highest BCUT2D eigenvalue weighted by atomic mass is 16.5. The van der Waals surface area contributed by atoms with Crippen LogP contribution in [0.3, 0.4) is 0 Å². The monoisotopic (exact) mass is 241 g/mol. The lowest BCUT2D eigenvalue weighted by Gasteiger charge is -2.19. The molecule has 5 heteroatoms. The van der Waals surface area contributed by atoms with E-state index >= 15 is 0 Å². The second-order valence-corrected chi connectivity index (χ2v) is 5.15. The van der Waals surface area contributed by atoms with Crippen LogP contribution in [-0.4, -0.2) is 42.5 Å². The summed E-state index contributed by atoms with van der Waals surface area (Å²) < 4.78 is 5.48. The fourth-order valence-electron chi connectivity index (χ4n) is 2.50. The molecule has 1 unspecified atom stereocenters. The summed E-state index contributed by atoms with van der Waals surface area (Å²) >= 11 is 0. The molecule has 1 atom stereocenters. The van der Waals surface area contributed by atoms with Crippen LogP contribution in [0.1, 0.15) is 38.5 Å². The van der Waals surface area contributed by atoms with Crippen LogP contribution in [0.25, 0.3) is 0 Å². The largest absolute Gasteiger partial charge is 0.388 e. The van der Waals surface area contributed by atoms with Crippen molar-refractivity contribution in [3.63, 3.8) is 0 Å². The molecule has 0 bridgehead atoms. The number of aliphatic imine (C=N–C) groups is 1. The van der Waals surface area contributed by atoms with Gasteiger partial charge in [0, 0.05) is 13.2 Å². The van der Waals surface area contributed by atoms with Crippen LogP contribution in [0.4, 0.5) is 0 Å². The zero-order valence-electron chi connectivity index (χ0n) is 10.3. The van der Waals surface area contributed by atoms with Gasteiger partial charge < -0.3 is 20.9 Å². The van der Waals surface area contributed by atoms with Crippen molar-refractivity contribution in [3.05, 3.63) is 0 Å². The van der Waals surface area contributed by atoms with Gasteiger partial charge in [0.15, 0.2) is 5.96 Å². The number of guanidine groups is 1. The number of nitrogens with zero attached hydrogens (tertiary/aromatic N) is 1. The Morgan fingerprint density at radius 3 is 2.82 bits per heavy atom. The Bertz CT molecular complexity index is 269. The molecular formula is C12H23N3O2. The summed E-state index contributed by atoms with van der Waals surface area (Å²) in [4.78, 5) is 4.22. The molecule has 1 saturated carbocycles. The Morgan fingerprint density at radius 1 is 1.41 bits per heavy atom. The van der Waals surface area contributed by atoms with Crippen molar-refractivity contribution in [1.29, 1.82) is 0 Å². The molecule has 0 radical (unpaired) electrons. The Labute approximate surface area is 102 Å². The number of hydrogen-bond acceptors (Lipinski definition) is 3. The normalized spacial score (nSPS) is 28.5. The maximum atomic E-state index is 10.1. The smallest absolute Gasteiger partial charge is 0.188 e. The molecular weight excluding hydrogens is 218 g/mol. The van der Waals surface area contributed by atoms with Crippen molar-refractivity contribution in [2.24, 2.45) is 10.7 Å². The summed E-state index contributed by atoms with van der Waals surface area (Å²) in [6, 6.07) is 0. The van der Waals surface area contributed by atoms with Crippen LogP contribution >= 0.6 is 0 Å². The van der Waals surface area contributed by atoms with Crippen molar-refractivity contribution >= 4 is 5.96 Å². The summed E-state index contributed by atoms with van der Waals surface area (Å²) in [7, 11) is 0. The summed E-state index contributed by atoms with van der Waals surface area (Å²) in [5.41, 5.74) is 5.15. The van der Waals surface area contributed by atoms with Crippen LogP contribution in [0.15, 0.2) is 4.99 Å². The van der Waals surface area contributed by atoms with Crippen molar-refractivity contribution in [3.8, 4) is 0 Å². The van der Waals surface area contributed by atoms with E-state index < -0.39 is 5.60 Å². The van der Waals surface area contributed by atoms with Gasteiger partial charge in [0.25, 0.3) is 0 Å². The molecule has 5 nitrogen and oxygen atoms in total. The van der Waals surface area contributed by atoms with Crippen molar-refractivity contribution < 1.29 is 9.84 Å². The van der Waals surface area contributed by atoms with Gasteiger partial charge in [-0.3, -0.25) is 4.99 Å². The molecule has 0 amide bonds. The van der Waals surface area contributed by atoms with Crippen molar-refractivity contribution in [2.75, 3.05) is 19.7 Å². The number of nitrogens with two attached hydrogens (primary N) is 1. The second-order valence-electron chi connectivity index (χ2n) is 5.15. The average Bonchev–Trinajstić information content (AvgIpc) is 2.95. The van der Waals surface area contributed by atoms with E-state index in [0.29, 0.717) is 19.0 Å². The molecule has 0 spiro atoms. The minimum Gasteiger partial charge on any atom is -0.388 e. The predicted octanol–water partition coefficient (Wildman–Crippen LogP) is 0.375. The molecule has 0 aromatic heterocycles. The van der Waals surface area contributed by atoms with Gasteiger partial charge in [0.05, 0.1) is 18.2 Å². The van der Waals surface area contributed by atoms with Gasteiger partial charge in [0.2, 0.25) is 0 Å². The molecule has 2 fully saturated rings. The Hall–Kier alpha value is -0.810. The van der Waals surface area contributed by atoms with E-state index in [2.05, 4.69) is 10.3 Å². The molecule has 0 aromatic rings.